The van der Waals surface area contributed by atoms with Gasteiger partial charge in [-0.2, -0.15) is 0 Å². The molecule has 0 amide bonds. The first-order valence-corrected chi connectivity index (χ1v) is 6.29. The average Bonchev–Trinajstić information content (AvgIpc) is 2.36. The number of hydrogen-bond donors (Lipinski definition) is 2. The summed E-state index contributed by atoms with van der Waals surface area (Å²) in [5, 5.41) is 17.2. The minimum Gasteiger partial charge on any atom is -1.00 e. The number of quaternary nitrogens is 1. The van der Waals surface area contributed by atoms with Crippen molar-refractivity contribution in [1.82, 2.24) is 0 Å². The second-order valence-electron chi connectivity index (χ2n) is 4.08. The van der Waals surface area contributed by atoms with E-state index < -0.39 is 5.97 Å². The number of aliphatic hydroxyl groups excluding tert-OH is 1. The molecule has 0 aromatic rings. The number of hydrogen-bond acceptors (Lipinski definition) is 2. The first-order chi connectivity index (χ1) is 7.91. The highest BCUT2D eigenvalue weighted by Crippen LogP contribution is 2.08. The zero-order valence-corrected chi connectivity index (χ0v) is 12.8. The van der Waals surface area contributed by atoms with E-state index in [-0.39, 0.29) is 18.5 Å². The van der Waals surface area contributed by atoms with Gasteiger partial charge in [-0.25, -0.2) is 4.79 Å². The summed E-state index contributed by atoms with van der Waals surface area (Å²) in [6.07, 6.45) is 1.59. The molecule has 5 heteroatoms. The summed E-state index contributed by atoms with van der Waals surface area (Å²) < 4.78 is 1.05. The summed E-state index contributed by atoms with van der Waals surface area (Å²) in [6, 6.07) is 0. The molecule has 0 aliphatic rings. The summed E-state index contributed by atoms with van der Waals surface area (Å²) in [4.78, 5) is 9.25. The molecule has 0 spiro atoms. The average molecular weight is 282 g/mol. The van der Waals surface area contributed by atoms with Crippen LogP contribution in [0.15, 0.2) is 12.7 Å². The normalized spacial score (nSPS) is 11.6. The van der Waals surface area contributed by atoms with Crippen LogP contribution in [0.3, 0.4) is 0 Å². The molecule has 0 aromatic carbocycles. The molecule has 0 aliphatic heterocycles. The van der Waals surface area contributed by atoms with Crippen LogP contribution in [0.5, 0.6) is 0 Å². The Balaban J connectivity index is -0.000000321. The predicted octanol–water partition coefficient (Wildman–Crippen LogP) is -1.11. The Morgan fingerprint density at radius 3 is 1.72 bits per heavy atom. The summed E-state index contributed by atoms with van der Waals surface area (Å²) in [7, 11) is 0. The highest BCUT2D eigenvalue weighted by Gasteiger charge is 2.23. The van der Waals surface area contributed by atoms with Gasteiger partial charge in [0, 0.05) is 6.08 Å². The van der Waals surface area contributed by atoms with Crippen molar-refractivity contribution >= 4 is 5.97 Å². The lowest BCUT2D eigenvalue weighted by atomic mass is 10.2. The van der Waals surface area contributed by atoms with Crippen LogP contribution >= 0.6 is 0 Å². The van der Waals surface area contributed by atoms with Crippen LogP contribution in [0.1, 0.15) is 34.1 Å². The van der Waals surface area contributed by atoms with E-state index in [1.165, 1.54) is 0 Å². The molecular weight excluding hydrogens is 254 g/mol. The number of carbonyl (C=O) groups is 1. The molecule has 2 N–H and O–H groups in total. The van der Waals surface area contributed by atoms with Gasteiger partial charge in [0.2, 0.25) is 0 Å². The number of rotatable bonds is 7. The SMILES string of the molecule is C=CC(=O)O.CCC(O)C[N+](CC)(CC)CC.[Cl-]. The minimum atomic E-state index is -0.981. The number of carboxylic acid groups (broad SMARTS) is 1. The molecule has 110 valence electrons. The summed E-state index contributed by atoms with van der Waals surface area (Å²) >= 11 is 0. The van der Waals surface area contributed by atoms with Crippen molar-refractivity contribution < 1.29 is 31.9 Å². The zero-order valence-electron chi connectivity index (χ0n) is 12.0. The van der Waals surface area contributed by atoms with Gasteiger partial charge in [0.05, 0.1) is 19.6 Å². The molecule has 0 bridgehead atoms. The quantitative estimate of drug-likeness (QED) is 0.460. The largest absolute Gasteiger partial charge is 1.00 e. The standard InChI is InChI=1S/C10H24NO.C3H4O2.ClH/c1-5-10(12)9-11(6-2,7-3)8-4;1-2-3(4)5;/h10,12H,5-9H2,1-4H3;2H,1H2,(H,4,5);1H/q+1;;/p-1. The van der Waals surface area contributed by atoms with Gasteiger partial charge >= 0.3 is 5.97 Å². The second kappa shape index (κ2) is 12.9. The van der Waals surface area contributed by atoms with Crippen LogP contribution in [-0.2, 0) is 4.79 Å². The van der Waals surface area contributed by atoms with Gasteiger partial charge in [-0.15, -0.1) is 0 Å². The lowest BCUT2D eigenvalue weighted by molar-refractivity contribution is -0.926. The maximum absolute atomic E-state index is 9.57. The topological polar surface area (TPSA) is 57.5 Å². The van der Waals surface area contributed by atoms with Crippen LogP contribution in [0, 0.1) is 0 Å². The number of halogens is 1. The second-order valence-corrected chi connectivity index (χ2v) is 4.08. The monoisotopic (exact) mass is 281 g/mol. The van der Waals surface area contributed by atoms with Crippen LogP contribution in [-0.4, -0.2) is 52.9 Å². The highest BCUT2D eigenvalue weighted by atomic mass is 35.5. The number of carboxylic acids is 1. The van der Waals surface area contributed by atoms with Crippen LogP contribution < -0.4 is 12.4 Å². The smallest absolute Gasteiger partial charge is 0.327 e. The van der Waals surface area contributed by atoms with Crippen molar-refractivity contribution in [2.45, 2.75) is 40.2 Å². The Labute approximate surface area is 117 Å². The van der Waals surface area contributed by atoms with Crippen LogP contribution in [0.25, 0.3) is 0 Å². The summed E-state index contributed by atoms with van der Waals surface area (Å²) in [5.74, 6) is -0.981. The molecule has 4 nitrogen and oxygen atoms in total. The van der Waals surface area contributed by atoms with Gasteiger partial charge in [-0.1, -0.05) is 13.5 Å². The van der Waals surface area contributed by atoms with Crippen molar-refractivity contribution in [3.05, 3.63) is 12.7 Å². The third kappa shape index (κ3) is 10.6. The van der Waals surface area contributed by atoms with E-state index in [0.29, 0.717) is 0 Å². The molecule has 1 atom stereocenters. The van der Waals surface area contributed by atoms with Crippen molar-refractivity contribution in [2.75, 3.05) is 26.2 Å². The zero-order chi connectivity index (χ0) is 13.9. The van der Waals surface area contributed by atoms with E-state index in [4.69, 9.17) is 5.11 Å². The maximum atomic E-state index is 9.57. The minimum absolute atomic E-state index is 0. The Hall–Kier alpha value is -0.580. The van der Waals surface area contributed by atoms with E-state index in [1.54, 1.807) is 0 Å². The third-order valence-electron chi connectivity index (χ3n) is 3.26. The van der Waals surface area contributed by atoms with Gasteiger partial charge in [0.1, 0.15) is 12.6 Å². The van der Waals surface area contributed by atoms with Gasteiger partial charge in [-0.3, -0.25) is 0 Å². The molecule has 0 radical (unpaired) electrons. The van der Waals surface area contributed by atoms with Crippen molar-refractivity contribution in [3.63, 3.8) is 0 Å². The van der Waals surface area contributed by atoms with Crippen LogP contribution in [0.4, 0.5) is 0 Å². The van der Waals surface area contributed by atoms with Gasteiger partial charge in [0.25, 0.3) is 0 Å². The Kier molecular flexibility index (Phi) is 16.1. The summed E-state index contributed by atoms with van der Waals surface area (Å²) in [5.41, 5.74) is 0. The fraction of sp³-hybridized carbons (Fsp3) is 0.769. The van der Waals surface area contributed by atoms with Crippen LogP contribution in [0.2, 0.25) is 0 Å². The number of likely N-dealkylation sites (N-methyl/N-ethyl adjacent to an activating group) is 1. The van der Waals surface area contributed by atoms with Crippen molar-refractivity contribution in [1.29, 1.82) is 0 Å². The first kappa shape index (κ1) is 22.6. The molecule has 1 unspecified atom stereocenters. The van der Waals surface area contributed by atoms with E-state index in [2.05, 4.69) is 27.4 Å². The molecule has 0 saturated carbocycles. The number of aliphatic carboxylic acids is 1. The molecule has 0 heterocycles. The van der Waals surface area contributed by atoms with Crippen molar-refractivity contribution in [3.8, 4) is 0 Å². The van der Waals surface area contributed by atoms with Gasteiger partial charge < -0.3 is 27.1 Å². The van der Waals surface area contributed by atoms with E-state index in [9.17, 15) is 9.90 Å². The molecule has 0 aromatic heterocycles. The molecule has 0 saturated heterocycles. The Morgan fingerprint density at radius 1 is 1.22 bits per heavy atom. The number of aliphatic hydroxyl groups is 1. The lowest BCUT2D eigenvalue weighted by Gasteiger charge is -2.37. The molecule has 0 rings (SSSR count). The fourth-order valence-corrected chi connectivity index (χ4v) is 1.63. The Morgan fingerprint density at radius 2 is 1.56 bits per heavy atom. The molecule has 18 heavy (non-hydrogen) atoms. The molecule has 0 fully saturated rings. The molecular formula is C13H28ClNO3. The maximum Gasteiger partial charge on any atom is 0.327 e. The number of nitrogens with zero attached hydrogens (tertiary/aromatic N) is 1. The first-order valence-electron chi connectivity index (χ1n) is 6.29. The third-order valence-corrected chi connectivity index (χ3v) is 3.26. The lowest BCUT2D eigenvalue weighted by Crippen LogP contribution is -3.00. The van der Waals surface area contributed by atoms with Gasteiger partial charge in [-0.05, 0) is 27.2 Å². The van der Waals surface area contributed by atoms with Crippen molar-refractivity contribution in [2.24, 2.45) is 0 Å². The Bertz CT molecular complexity index is 210. The predicted molar refractivity (Wildman–Crippen MR) is 70.9 cm³/mol. The van der Waals surface area contributed by atoms with E-state index in [1.807, 2.05) is 6.92 Å². The van der Waals surface area contributed by atoms with E-state index in [0.717, 1.165) is 43.2 Å². The van der Waals surface area contributed by atoms with Gasteiger partial charge in [0.15, 0.2) is 0 Å². The fourth-order valence-electron chi connectivity index (χ4n) is 1.63. The summed E-state index contributed by atoms with van der Waals surface area (Å²) in [6.45, 7) is 15.9. The molecule has 0 aliphatic carbocycles. The highest BCUT2D eigenvalue weighted by molar-refractivity contribution is 5.78. The van der Waals surface area contributed by atoms with E-state index >= 15 is 0 Å².